The normalized spacial score (nSPS) is 12.5. The average Bonchev–Trinajstić information content (AvgIpc) is 2.75. The highest BCUT2D eigenvalue weighted by Gasteiger charge is 2.28. The molecule has 0 aliphatic rings. The maximum Gasteiger partial charge on any atom is 0.243 e. The lowest BCUT2D eigenvalue weighted by atomic mass is 10.1. The number of halogens is 3. The molecule has 3 aromatic carbocycles. The minimum absolute atomic E-state index is 0.0360. The van der Waals surface area contributed by atoms with Gasteiger partial charge in [0.1, 0.15) is 5.82 Å². The van der Waals surface area contributed by atoms with E-state index in [1.54, 1.807) is 13.0 Å². The van der Waals surface area contributed by atoms with E-state index in [-0.39, 0.29) is 23.0 Å². The van der Waals surface area contributed by atoms with Crippen LogP contribution in [0.5, 0.6) is 0 Å². The van der Waals surface area contributed by atoms with Gasteiger partial charge in [0.05, 0.1) is 17.5 Å². The van der Waals surface area contributed by atoms with E-state index in [0.29, 0.717) is 5.02 Å². The fourth-order valence-electron chi connectivity index (χ4n) is 3.10. The topological polar surface area (TPSA) is 66.5 Å². The van der Waals surface area contributed by atoms with E-state index in [4.69, 9.17) is 11.6 Å². The first-order valence-electron chi connectivity index (χ1n) is 9.71. The Morgan fingerprint density at radius 2 is 1.78 bits per heavy atom. The van der Waals surface area contributed by atoms with Gasteiger partial charge in [-0.15, -0.1) is 0 Å². The monoisotopic (exact) mass is 538 g/mol. The van der Waals surface area contributed by atoms with Crippen molar-refractivity contribution in [2.45, 2.75) is 24.4 Å². The molecule has 0 saturated carbocycles. The molecule has 0 heterocycles. The van der Waals surface area contributed by atoms with E-state index in [1.807, 2.05) is 24.3 Å². The van der Waals surface area contributed by atoms with Crippen LogP contribution in [0, 0.1) is 5.82 Å². The summed E-state index contributed by atoms with van der Waals surface area (Å²) < 4.78 is 42.6. The van der Waals surface area contributed by atoms with Crippen molar-refractivity contribution in [1.82, 2.24) is 9.62 Å². The van der Waals surface area contributed by atoms with Crippen LogP contribution in [-0.2, 0) is 21.4 Å². The van der Waals surface area contributed by atoms with Crippen molar-refractivity contribution in [1.29, 1.82) is 0 Å². The van der Waals surface area contributed by atoms with Crippen LogP contribution in [0.3, 0.4) is 0 Å². The average molecular weight is 540 g/mol. The van der Waals surface area contributed by atoms with Crippen molar-refractivity contribution in [3.63, 3.8) is 0 Å². The van der Waals surface area contributed by atoms with Gasteiger partial charge in [-0.2, -0.15) is 4.31 Å². The third-order valence-corrected chi connectivity index (χ3v) is 7.35. The van der Waals surface area contributed by atoms with Gasteiger partial charge in [-0.25, -0.2) is 12.8 Å². The Morgan fingerprint density at radius 1 is 1.09 bits per heavy atom. The number of sulfonamides is 1. The maximum absolute atomic E-state index is 14.3. The second kappa shape index (κ2) is 10.6. The Labute approximate surface area is 200 Å². The minimum Gasteiger partial charge on any atom is -0.348 e. The summed E-state index contributed by atoms with van der Waals surface area (Å²) in [6, 6.07) is 18.6. The van der Waals surface area contributed by atoms with Crippen LogP contribution in [0.1, 0.15) is 24.1 Å². The van der Waals surface area contributed by atoms with Crippen molar-refractivity contribution in [2.75, 3.05) is 6.54 Å². The Bertz CT molecular complexity index is 1210. The summed E-state index contributed by atoms with van der Waals surface area (Å²) in [5.41, 5.74) is 1.02. The van der Waals surface area contributed by atoms with Crippen LogP contribution in [0.4, 0.5) is 4.39 Å². The van der Waals surface area contributed by atoms with E-state index in [1.165, 1.54) is 42.5 Å². The number of nitrogens with one attached hydrogen (secondary N) is 1. The fraction of sp³-hybridized carbons (Fsp3) is 0.174. The fourth-order valence-corrected chi connectivity index (χ4v) is 5.02. The summed E-state index contributed by atoms with van der Waals surface area (Å²) in [5, 5.41) is 3.19. The highest BCUT2D eigenvalue weighted by Crippen LogP contribution is 2.22. The van der Waals surface area contributed by atoms with Gasteiger partial charge in [0.15, 0.2) is 0 Å². The zero-order valence-corrected chi connectivity index (χ0v) is 20.3. The number of benzene rings is 3. The molecule has 0 fully saturated rings. The van der Waals surface area contributed by atoms with Gasteiger partial charge in [0, 0.05) is 21.6 Å². The van der Waals surface area contributed by atoms with Gasteiger partial charge in [-0.3, -0.25) is 4.79 Å². The van der Waals surface area contributed by atoms with E-state index in [2.05, 4.69) is 21.2 Å². The molecule has 0 aliphatic carbocycles. The lowest BCUT2D eigenvalue weighted by Gasteiger charge is -2.23. The number of amides is 1. The molecule has 1 atom stereocenters. The number of carbonyl (C=O) groups excluding carboxylic acids is 1. The van der Waals surface area contributed by atoms with Gasteiger partial charge >= 0.3 is 0 Å². The van der Waals surface area contributed by atoms with Gasteiger partial charge in [-0.05, 0) is 55.0 Å². The molecule has 5 nitrogen and oxygen atoms in total. The van der Waals surface area contributed by atoms with Crippen molar-refractivity contribution in [3.8, 4) is 0 Å². The third-order valence-electron chi connectivity index (χ3n) is 4.80. The molecule has 1 amide bonds. The minimum atomic E-state index is -4.10. The number of nitrogens with zero attached hydrogens (tertiary/aromatic N) is 1. The van der Waals surface area contributed by atoms with E-state index in [0.717, 1.165) is 14.3 Å². The van der Waals surface area contributed by atoms with Crippen LogP contribution in [0.2, 0.25) is 5.02 Å². The van der Waals surface area contributed by atoms with Crippen LogP contribution in [-0.4, -0.2) is 25.2 Å². The predicted molar refractivity (Wildman–Crippen MR) is 126 cm³/mol. The first kappa shape index (κ1) is 24.4. The number of hydrogen-bond donors (Lipinski definition) is 1. The Hall–Kier alpha value is -2.26. The summed E-state index contributed by atoms with van der Waals surface area (Å²) in [7, 11) is -4.10. The van der Waals surface area contributed by atoms with Gasteiger partial charge < -0.3 is 5.32 Å². The SMILES string of the molecule is CC(NC(=O)CN(Cc1ccccc1F)S(=O)(=O)c1ccc(Cl)cc1)c1cccc(Br)c1. The zero-order valence-electron chi connectivity index (χ0n) is 17.1. The van der Waals surface area contributed by atoms with Crippen LogP contribution >= 0.6 is 27.5 Å². The van der Waals surface area contributed by atoms with Gasteiger partial charge in [-0.1, -0.05) is 57.9 Å². The largest absolute Gasteiger partial charge is 0.348 e. The zero-order chi connectivity index (χ0) is 23.3. The molecule has 0 bridgehead atoms. The molecule has 0 saturated heterocycles. The quantitative estimate of drug-likeness (QED) is 0.422. The smallest absolute Gasteiger partial charge is 0.243 e. The Kier molecular flexibility index (Phi) is 8.05. The standard InChI is InChI=1S/C23H21BrClFN2O3S/c1-16(17-6-4-7-19(24)13-17)27-23(29)15-28(14-18-5-2-3-8-22(18)26)32(30,31)21-11-9-20(25)10-12-21/h2-13,16H,14-15H2,1H3,(H,27,29). The molecule has 3 aromatic rings. The molecule has 9 heteroatoms. The molecule has 168 valence electrons. The summed E-state index contributed by atoms with van der Waals surface area (Å²) in [6.45, 7) is 1.03. The maximum atomic E-state index is 14.3. The first-order chi connectivity index (χ1) is 15.2. The lowest BCUT2D eigenvalue weighted by molar-refractivity contribution is -0.122. The highest BCUT2D eigenvalue weighted by atomic mass is 79.9. The molecule has 1 N–H and O–H groups in total. The summed E-state index contributed by atoms with van der Waals surface area (Å²) in [4.78, 5) is 12.7. The summed E-state index contributed by atoms with van der Waals surface area (Å²) in [6.07, 6.45) is 0. The predicted octanol–water partition coefficient (Wildman–Crippen LogP) is 5.31. The van der Waals surface area contributed by atoms with E-state index < -0.39 is 28.3 Å². The molecule has 0 radical (unpaired) electrons. The Balaban J connectivity index is 1.85. The molecule has 1 unspecified atom stereocenters. The first-order valence-corrected chi connectivity index (χ1v) is 12.3. The van der Waals surface area contributed by atoms with Gasteiger partial charge in [0.25, 0.3) is 0 Å². The molecule has 0 spiro atoms. The van der Waals surface area contributed by atoms with Crippen LogP contribution in [0.15, 0.2) is 82.2 Å². The van der Waals surface area contributed by atoms with Crippen molar-refractivity contribution >= 4 is 43.5 Å². The van der Waals surface area contributed by atoms with E-state index in [9.17, 15) is 17.6 Å². The number of hydrogen-bond acceptors (Lipinski definition) is 3. The van der Waals surface area contributed by atoms with Crippen molar-refractivity contribution in [2.24, 2.45) is 0 Å². The summed E-state index contributed by atoms with van der Waals surface area (Å²) in [5.74, 6) is -1.06. The third kappa shape index (κ3) is 6.16. The molecule has 3 rings (SSSR count). The van der Waals surface area contributed by atoms with E-state index >= 15 is 0 Å². The molecule has 0 aliphatic heterocycles. The van der Waals surface area contributed by atoms with Gasteiger partial charge in [0.2, 0.25) is 15.9 Å². The molecular formula is C23H21BrClFN2O3S. The lowest BCUT2D eigenvalue weighted by Crippen LogP contribution is -2.41. The molecular weight excluding hydrogens is 519 g/mol. The van der Waals surface area contributed by atoms with Crippen molar-refractivity contribution in [3.05, 3.63) is 99.2 Å². The van der Waals surface area contributed by atoms with Crippen LogP contribution < -0.4 is 5.32 Å². The van der Waals surface area contributed by atoms with Crippen molar-refractivity contribution < 1.29 is 17.6 Å². The Morgan fingerprint density at radius 3 is 2.44 bits per heavy atom. The number of rotatable bonds is 8. The second-order valence-corrected chi connectivity index (χ2v) is 10.5. The molecule has 32 heavy (non-hydrogen) atoms. The van der Waals surface area contributed by atoms with Crippen LogP contribution in [0.25, 0.3) is 0 Å². The summed E-state index contributed by atoms with van der Waals surface area (Å²) >= 11 is 9.27. The number of carbonyl (C=O) groups is 1. The second-order valence-electron chi connectivity index (χ2n) is 7.16. The highest BCUT2D eigenvalue weighted by molar-refractivity contribution is 9.10. The molecule has 0 aromatic heterocycles.